The molecule has 0 aliphatic rings. The minimum atomic E-state index is -0.447. The Morgan fingerprint density at radius 1 is 1.11 bits per heavy atom. The van der Waals surface area contributed by atoms with E-state index in [9.17, 15) is 10.1 Å². The third-order valence-corrected chi connectivity index (χ3v) is 4.19. The number of ether oxygens (including phenoxy) is 1. The third kappa shape index (κ3) is 4.16. The van der Waals surface area contributed by atoms with Crippen LogP contribution in [0.25, 0.3) is 16.8 Å². The first-order valence-electron chi connectivity index (χ1n) is 8.76. The summed E-state index contributed by atoms with van der Waals surface area (Å²) in [5.74, 6) is 0.198. The van der Waals surface area contributed by atoms with Crippen molar-refractivity contribution in [1.82, 2.24) is 0 Å². The van der Waals surface area contributed by atoms with Gasteiger partial charge in [0.05, 0.1) is 6.61 Å². The van der Waals surface area contributed by atoms with Gasteiger partial charge < -0.3 is 10.1 Å². The molecule has 0 aromatic heterocycles. The predicted molar refractivity (Wildman–Crippen MR) is 109 cm³/mol. The lowest BCUT2D eigenvalue weighted by molar-refractivity contribution is -0.112. The van der Waals surface area contributed by atoms with Crippen molar-refractivity contribution >= 4 is 28.4 Å². The molecule has 0 heterocycles. The van der Waals surface area contributed by atoms with Crippen LogP contribution in [0.2, 0.25) is 0 Å². The van der Waals surface area contributed by atoms with Crippen molar-refractivity contribution < 1.29 is 9.53 Å². The van der Waals surface area contributed by atoms with E-state index in [0.717, 1.165) is 21.9 Å². The van der Waals surface area contributed by atoms with E-state index in [4.69, 9.17) is 4.74 Å². The summed E-state index contributed by atoms with van der Waals surface area (Å²) in [4.78, 5) is 12.6. The number of carbonyl (C=O) groups excluding carboxylic acids is 1. The Kier molecular flexibility index (Phi) is 5.53. The number of hydrogen-bond donors (Lipinski definition) is 1. The minimum absolute atomic E-state index is 0.0212. The predicted octanol–water partition coefficient (Wildman–Crippen LogP) is 5.09. The van der Waals surface area contributed by atoms with Gasteiger partial charge in [-0.2, -0.15) is 5.26 Å². The highest BCUT2D eigenvalue weighted by molar-refractivity contribution is 6.11. The topological polar surface area (TPSA) is 62.1 Å². The Morgan fingerprint density at radius 2 is 1.85 bits per heavy atom. The standard InChI is InChI=1S/C23H20N2O2/c1-3-27-22-13-10-17-6-4-5-7-20(17)21(22)14-18(15-24)23(26)25-19-11-8-16(2)9-12-19/h4-14H,3H2,1-2H3,(H,25,26)/b18-14+. The molecule has 1 N–H and O–H groups in total. The number of aryl methyl sites for hydroxylation is 1. The quantitative estimate of drug-likeness (QED) is 0.511. The van der Waals surface area contributed by atoms with Crippen molar-refractivity contribution in [3.05, 3.63) is 77.4 Å². The lowest BCUT2D eigenvalue weighted by atomic mass is 10.0. The average molecular weight is 356 g/mol. The molecule has 0 aliphatic heterocycles. The molecule has 3 aromatic carbocycles. The molecule has 4 heteroatoms. The van der Waals surface area contributed by atoms with Gasteiger partial charge in [-0.25, -0.2) is 0 Å². The van der Waals surface area contributed by atoms with Crippen LogP contribution in [0, 0.1) is 18.3 Å². The van der Waals surface area contributed by atoms with Gasteiger partial charge in [0.1, 0.15) is 17.4 Å². The van der Waals surface area contributed by atoms with Gasteiger partial charge in [-0.15, -0.1) is 0 Å². The summed E-state index contributed by atoms with van der Waals surface area (Å²) in [5.41, 5.74) is 2.49. The Labute approximate surface area is 158 Å². The SMILES string of the molecule is CCOc1ccc2ccccc2c1/C=C(\C#N)C(=O)Nc1ccc(C)cc1. The first-order chi connectivity index (χ1) is 13.1. The summed E-state index contributed by atoms with van der Waals surface area (Å²) in [6.45, 7) is 4.37. The molecule has 0 aliphatic carbocycles. The molecule has 0 atom stereocenters. The number of anilines is 1. The summed E-state index contributed by atoms with van der Waals surface area (Å²) >= 11 is 0. The third-order valence-electron chi connectivity index (χ3n) is 4.19. The van der Waals surface area contributed by atoms with Crippen LogP contribution >= 0.6 is 0 Å². The number of carbonyl (C=O) groups is 1. The zero-order valence-corrected chi connectivity index (χ0v) is 15.3. The first-order valence-corrected chi connectivity index (χ1v) is 8.76. The zero-order chi connectivity index (χ0) is 19.2. The lowest BCUT2D eigenvalue weighted by Gasteiger charge is -2.11. The van der Waals surface area contributed by atoms with Crippen molar-refractivity contribution in [2.75, 3.05) is 11.9 Å². The monoisotopic (exact) mass is 356 g/mol. The zero-order valence-electron chi connectivity index (χ0n) is 15.3. The van der Waals surface area contributed by atoms with E-state index in [2.05, 4.69) is 5.32 Å². The van der Waals surface area contributed by atoms with E-state index in [-0.39, 0.29) is 5.57 Å². The molecular weight excluding hydrogens is 336 g/mol. The van der Waals surface area contributed by atoms with Crippen LogP contribution in [-0.2, 0) is 4.79 Å². The molecule has 3 rings (SSSR count). The second-order valence-corrected chi connectivity index (χ2v) is 6.12. The number of fused-ring (bicyclic) bond motifs is 1. The van der Waals surface area contributed by atoms with Crippen LogP contribution in [0.3, 0.4) is 0 Å². The molecule has 0 bridgehead atoms. The van der Waals surface area contributed by atoms with Crippen molar-refractivity contribution in [2.45, 2.75) is 13.8 Å². The van der Waals surface area contributed by atoms with E-state index in [1.54, 1.807) is 6.08 Å². The molecule has 3 aromatic rings. The molecule has 1 amide bonds. The van der Waals surface area contributed by atoms with Crippen LogP contribution in [0.15, 0.2) is 66.2 Å². The second kappa shape index (κ2) is 8.20. The average Bonchev–Trinajstić information content (AvgIpc) is 2.69. The van der Waals surface area contributed by atoms with Crippen molar-refractivity contribution in [3.8, 4) is 11.8 Å². The van der Waals surface area contributed by atoms with Gasteiger partial charge in [-0.3, -0.25) is 4.79 Å². The van der Waals surface area contributed by atoms with Crippen LogP contribution in [0.5, 0.6) is 5.75 Å². The van der Waals surface area contributed by atoms with E-state index < -0.39 is 5.91 Å². The maximum Gasteiger partial charge on any atom is 0.266 e. The van der Waals surface area contributed by atoms with Crippen molar-refractivity contribution in [3.63, 3.8) is 0 Å². The van der Waals surface area contributed by atoms with E-state index >= 15 is 0 Å². The number of nitrogens with zero attached hydrogens (tertiary/aromatic N) is 1. The molecule has 0 spiro atoms. The highest BCUT2D eigenvalue weighted by Gasteiger charge is 2.13. The fourth-order valence-electron chi connectivity index (χ4n) is 2.83. The molecule has 0 saturated carbocycles. The van der Waals surface area contributed by atoms with Gasteiger partial charge in [-0.1, -0.05) is 48.0 Å². The van der Waals surface area contributed by atoms with Gasteiger partial charge >= 0.3 is 0 Å². The summed E-state index contributed by atoms with van der Waals surface area (Å²) in [7, 11) is 0. The highest BCUT2D eigenvalue weighted by Crippen LogP contribution is 2.30. The molecular formula is C23H20N2O2. The Morgan fingerprint density at radius 3 is 2.56 bits per heavy atom. The van der Waals surface area contributed by atoms with E-state index in [1.165, 1.54) is 0 Å². The molecule has 0 saturated heterocycles. The minimum Gasteiger partial charge on any atom is -0.493 e. The van der Waals surface area contributed by atoms with Crippen LogP contribution in [0.4, 0.5) is 5.69 Å². The molecule has 134 valence electrons. The Bertz CT molecular complexity index is 1040. The van der Waals surface area contributed by atoms with E-state index in [0.29, 0.717) is 18.0 Å². The highest BCUT2D eigenvalue weighted by atomic mass is 16.5. The normalized spacial score (nSPS) is 11.1. The number of amides is 1. The molecule has 0 fully saturated rings. The smallest absolute Gasteiger partial charge is 0.266 e. The number of hydrogen-bond acceptors (Lipinski definition) is 3. The van der Waals surface area contributed by atoms with Crippen molar-refractivity contribution in [2.24, 2.45) is 0 Å². The Hall–Kier alpha value is -3.58. The molecule has 27 heavy (non-hydrogen) atoms. The summed E-state index contributed by atoms with van der Waals surface area (Å²) in [6.07, 6.45) is 1.59. The Balaban J connectivity index is 2.02. The fraction of sp³-hybridized carbons (Fsp3) is 0.130. The lowest BCUT2D eigenvalue weighted by Crippen LogP contribution is -2.13. The number of benzene rings is 3. The van der Waals surface area contributed by atoms with E-state index in [1.807, 2.05) is 80.6 Å². The molecule has 4 nitrogen and oxygen atoms in total. The summed E-state index contributed by atoms with van der Waals surface area (Å²) in [5, 5.41) is 14.3. The molecule has 0 unspecified atom stereocenters. The first kappa shape index (κ1) is 18.2. The number of nitrogens with one attached hydrogen (secondary N) is 1. The second-order valence-electron chi connectivity index (χ2n) is 6.12. The van der Waals surface area contributed by atoms with Crippen LogP contribution in [0.1, 0.15) is 18.1 Å². The maximum absolute atomic E-state index is 12.6. The fourth-order valence-corrected chi connectivity index (χ4v) is 2.83. The summed E-state index contributed by atoms with van der Waals surface area (Å²) in [6, 6.07) is 21.1. The number of rotatable bonds is 5. The van der Waals surface area contributed by atoms with Gasteiger partial charge in [-0.05, 0) is 48.9 Å². The van der Waals surface area contributed by atoms with Gasteiger partial charge in [0.25, 0.3) is 5.91 Å². The number of nitriles is 1. The van der Waals surface area contributed by atoms with Crippen LogP contribution < -0.4 is 10.1 Å². The molecule has 0 radical (unpaired) electrons. The van der Waals surface area contributed by atoms with Gasteiger partial charge in [0, 0.05) is 11.3 Å². The maximum atomic E-state index is 12.6. The summed E-state index contributed by atoms with van der Waals surface area (Å²) < 4.78 is 5.72. The largest absolute Gasteiger partial charge is 0.493 e. The van der Waals surface area contributed by atoms with Gasteiger partial charge in [0.15, 0.2) is 0 Å². The van der Waals surface area contributed by atoms with Crippen LogP contribution in [-0.4, -0.2) is 12.5 Å². The van der Waals surface area contributed by atoms with Crippen molar-refractivity contribution in [1.29, 1.82) is 5.26 Å². The van der Waals surface area contributed by atoms with Gasteiger partial charge in [0.2, 0.25) is 0 Å².